The van der Waals surface area contributed by atoms with Crippen molar-refractivity contribution in [3.8, 4) is 11.1 Å². The Morgan fingerprint density at radius 1 is 1.05 bits per heavy atom. The van der Waals surface area contributed by atoms with Gasteiger partial charge < -0.3 is 10.6 Å². The van der Waals surface area contributed by atoms with Crippen LogP contribution >= 0.6 is 0 Å². The van der Waals surface area contributed by atoms with Crippen LogP contribution in [0, 0.1) is 0 Å². The van der Waals surface area contributed by atoms with Crippen LogP contribution in [-0.4, -0.2) is 25.0 Å². The Kier molecular flexibility index (Phi) is 3.75. The lowest BCUT2D eigenvalue weighted by atomic mass is 9.89. The van der Waals surface area contributed by atoms with Crippen LogP contribution < -0.4 is 5.73 Å². The molecule has 3 rings (SSSR count). The smallest absolute Gasteiger partial charge is 0.0314 e. The molecule has 0 bridgehead atoms. The molecule has 1 atom stereocenters. The molecule has 1 fully saturated rings. The normalized spacial score (nSPS) is 19.9. The maximum absolute atomic E-state index is 5.76. The van der Waals surface area contributed by atoms with E-state index in [-0.39, 0.29) is 0 Å². The van der Waals surface area contributed by atoms with E-state index in [4.69, 9.17) is 5.73 Å². The second-order valence-electron chi connectivity index (χ2n) is 5.85. The van der Waals surface area contributed by atoms with E-state index in [1.807, 2.05) is 12.1 Å². The predicted molar refractivity (Wildman–Crippen MR) is 85.8 cm³/mol. The molecular weight excluding hydrogens is 244 g/mol. The molecule has 2 N–H and O–H groups in total. The summed E-state index contributed by atoms with van der Waals surface area (Å²) in [4.78, 5) is 2.43. The van der Waals surface area contributed by atoms with Gasteiger partial charge in [0.25, 0.3) is 0 Å². The van der Waals surface area contributed by atoms with Crippen LogP contribution in [0.5, 0.6) is 0 Å². The fourth-order valence-electron chi connectivity index (χ4n) is 3.09. The zero-order valence-electron chi connectivity index (χ0n) is 12.0. The molecule has 104 valence electrons. The summed E-state index contributed by atoms with van der Waals surface area (Å²) in [5.41, 5.74) is 10.6. The minimum Gasteiger partial charge on any atom is -0.399 e. The van der Waals surface area contributed by atoms with E-state index in [9.17, 15) is 0 Å². The van der Waals surface area contributed by atoms with Gasteiger partial charge in [-0.25, -0.2) is 0 Å². The summed E-state index contributed by atoms with van der Waals surface area (Å²) in [6.45, 7) is 2.40. The second kappa shape index (κ2) is 5.68. The zero-order chi connectivity index (χ0) is 13.9. The SMILES string of the molecule is CN1CCCC(c2cccc(-c3ccc(N)cc3)c2)C1. The largest absolute Gasteiger partial charge is 0.399 e. The molecule has 0 amide bonds. The molecule has 0 spiro atoms. The minimum atomic E-state index is 0.669. The summed E-state index contributed by atoms with van der Waals surface area (Å²) in [6.07, 6.45) is 2.60. The van der Waals surface area contributed by atoms with Crippen LogP contribution in [0.3, 0.4) is 0 Å². The molecule has 0 radical (unpaired) electrons. The molecule has 20 heavy (non-hydrogen) atoms. The van der Waals surface area contributed by atoms with Crippen LogP contribution in [0.1, 0.15) is 24.3 Å². The van der Waals surface area contributed by atoms with Crippen molar-refractivity contribution in [2.45, 2.75) is 18.8 Å². The van der Waals surface area contributed by atoms with Crippen molar-refractivity contribution >= 4 is 5.69 Å². The van der Waals surface area contributed by atoms with Gasteiger partial charge in [-0.05, 0) is 61.2 Å². The third-order valence-electron chi connectivity index (χ3n) is 4.23. The summed E-state index contributed by atoms with van der Waals surface area (Å²) >= 11 is 0. The standard InChI is InChI=1S/C18H22N2/c1-20-11-3-6-17(13-20)16-5-2-4-15(12-16)14-7-9-18(19)10-8-14/h2,4-5,7-10,12,17H,3,6,11,13,19H2,1H3. The number of nitrogens with two attached hydrogens (primary N) is 1. The van der Waals surface area contributed by atoms with Crippen LogP contribution in [-0.2, 0) is 0 Å². The topological polar surface area (TPSA) is 29.3 Å². The molecular formula is C18H22N2. The predicted octanol–water partition coefficient (Wildman–Crippen LogP) is 3.75. The number of hydrogen-bond donors (Lipinski definition) is 1. The van der Waals surface area contributed by atoms with Crippen molar-refractivity contribution in [1.82, 2.24) is 4.90 Å². The lowest BCUT2D eigenvalue weighted by Gasteiger charge is -2.30. The Labute approximate surface area is 121 Å². The van der Waals surface area contributed by atoms with E-state index in [0.717, 1.165) is 5.69 Å². The average Bonchev–Trinajstić information content (AvgIpc) is 2.48. The van der Waals surface area contributed by atoms with Crippen LogP contribution in [0.4, 0.5) is 5.69 Å². The Morgan fingerprint density at radius 2 is 1.85 bits per heavy atom. The first-order chi connectivity index (χ1) is 9.72. The van der Waals surface area contributed by atoms with Gasteiger partial charge in [-0.2, -0.15) is 0 Å². The molecule has 1 aliphatic rings. The van der Waals surface area contributed by atoms with Gasteiger partial charge >= 0.3 is 0 Å². The van der Waals surface area contributed by atoms with Crippen molar-refractivity contribution in [2.75, 3.05) is 25.9 Å². The van der Waals surface area contributed by atoms with Gasteiger partial charge in [0, 0.05) is 12.2 Å². The molecule has 0 aliphatic carbocycles. The molecule has 2 aromatic rings. The Balaban J connectivity index is 1.87. The molecule has 2 heteroatoms. The number of anilines is 1. The summed E-state index contributed by atoms with van der Waals surface area (Å²) in [7, 11) is 2.22. The summed E-state index contributed by atoms with van der Waals surface area (Å²) in [5.74, 6) is 0.669. The quantitative estimate of drug-likeness (QED) is 0.839. The number of nitrogens with zero attached hydrogens (tertiary/aromatic N) is 1. The van der Waals surface area contributed by atoms with Gasteiger partial charge in [0.05, 0.1) is 0 Å². The fraction of sp³-hybridized carbons (Fsp3) is 0.333. The molecule has 1 saturated heterocycles. The van der Waals surface area contributed by atoms with Crippen molar-refractivity contribution < 1.29 is 0 Å². The number of likely N-dealkylation sites (tertiary alicyclic amines) is 1. The number of rotatable bonds is 2. The monoisotopic (exact) mass is 266 g/mol. The molecule has 1 aliphatic heterocycles. The van der Waals surface area contributed by atoms with E-state index >= 15 is 0 Å². The number of benzene rings is 2. The van der Waals surface area contributed by atoms with E-state index in [1.165, 1.54) is 42.6 Å². The number of likely N-dealkylation sites (N-methyl/N-ethyl adjacent to an activating group) is 1. The van der Waals surface area contributed by atoms with Gasteiger partial charge in [0.1, 0.15) is 0 Å². The summed E-state index contributed by atoms with van der Waals surface area (Å²) in [6, 6.07) is 17.1. The van der Waals surface area contributed by atoms with Gasteiger partial charge in [-0.1, -0.05) is 36.4 Å². The maximum Gasteiger partial charge on any atom is 0.0314 e. The van der Waals surface area contributed by atoms with Gasteiger partial charge in [-0.3, -0.25) is 0 Å². The highest BCUT2D eigenvalue weighted by Crippen LogP contribution is 2.29. The van der Waals surface area contributed by atoms with Crippen LogP contribution in [0.2, 0.25) is 0 Å². The maximum atomic E-state index is 5.76. The molecule has 1 heterocycles. The Hall–Kier alpha value is -1.80. The van der Waals surface area contributed by atoms with Crippen molar-refractivity contribution in [3.63, 3.8) is 0 Å². The Bertz CT molecular complexity index is 574. The zero-order valence-corrected chi connectivity index (χ0v) is 12.0. The number of piperidine rings is 1. The van der Waals surface area contributed by atoms with Gasteiger partial charge in [-0.15, -0.1) is 0 Å². The lowest BCUT2D eigenvalue weighted by molar-refractivity contribution is 0.251. The third kappa shape index (κ3) is 2.86. The lowest BCUT2D eigenvalue weighted by Crippen LogP contribution is -2.30. The highest BCUT2D eigenvalue weighted by molar-refractivity contribution is 5.66. The average molecular weight is 266 g/mol. The van der Waals surface area contributed by atoms with E-state index in [2.05, 4.69) is 48.3 Å². The Morgan fingerprint density at radius 3 is 2.60 bits per heavy atom. The first kappa shape index (κ1) is 13.2. The highest BCUT2D eigenvalue weighted by atomic mass is 15.1. The van der Waals surface area contributed by atoms with E-state index < -0.39 is 0 Å². The first-order valence-corrected chi connectivity index (χ1v) is 7.37. The molecule has 0 saturated carbocycles. The van der Waals surface area contributed by atoms with Crippen molar-refractivity contribution in [2.24, 2.45) is 0 Å². The van der Waals surface area contributed by atoms with Gasteiger partial charge in [0.2, 0.25) is 0 Å². The van der Waals surface area contributed by atoms with Crippen molar-refractivity contribution in [1.29, 1.82) is 0 Å². The molecule has 1 unspecified atom stereocenters. The number of hydrogen-bond acceptors (Lipinski definition) is 2. The molecule has 2 nitrogen and oxygen atoms in total. The first-order valence-electron chi connectivity index (χ1n) is 7.37. The van der Waals surface area contributed by atoms with E-state index in [1.54, 1.807) is 0 Å². The molecule has 2 aromatic carbocycles. The van der Waals surface area contributed by atoms with Crippen LogP contribution in [0.15, 0.2) is 48.5 Å². The minimum absolute atomic E-state index is 0.669. The fourth-order valence-corrected chi connectivity index (χ4v) is 3.09. The van der Waals surface area contributed by atoms with Crippen molar-refractivity contribution in [3.05, 3.63) is 54.1 Å². The summed E-state index contributed by atoms with van der Waals surface area (Å²) in [5, 5.41) is 0. The third-order valence-corrected chi connectivity index (χ3v) is 4.23. The summed E-state index contributed by atoms with van der Waals surface area (Å²) < 4.78 is 0. The second-order valence-corrected chi connectivity index (χ2v) is 5.85. The molecule has 0 aromatic heterocycles. The highest BCUT2D eigenvalue weighted by Gasteiger charge is 2.18. The van der Waals surface area contributed by atoms with Gasteiger partial charge in [0.15, 0.2) is 0 Å². The van der Waals surface area contributed by atoms with E-state index in [0.29, 0.717) is 5.92 Å². The number of nitrogen functional groups attached to an aromatic ring is 1. The van der Waals surface area contributed by atoms with Crippen LogP contribution in [0.25, 0.3) is 11.1 Å².